The molecule has 2 aromatic rings. The van der Waals surface area contributed by atoms with Crippen molar-refractivity contribution in [3.05, 3.63) is 65.5 Å². The zero-order chi connectivity index (χ0) is 15.8. The van der Waals surface area contributed by atoms with E-state index >= 15 is 0 Å². The fourth-order valence-electron chi connectivity index (χ4n) is 2.44. The predicted octanol–water partition coefficient (Wildman–Crippen LogP) is 4.85. The molecule has 0 aromatic heterocycles. The van der Waals surface area contributed by atoms with Crippen molar-refractivity contribution in [3.8, 4) is 11.8 Å². The largest absolute Gasteiger partial charge is 0.493 e. The Hall–Kier alpha value is -2.34. The molecule has 0 aliphatic carbocycles. The van der Waals surface area contributed by atoms with Crippen molar-refractivity contribution in [2.24, 2.45) is 0 Å². The fraction of sp³-hybridized carbons (Fsp3) is 0.316. The van der Waals surface area contributed by atoms with Crippen LogP contribution in [0.2, 0.25) is 0 Å². The van der Waals surface area contributed by atoms with Gasteiger partial charge in [0.05, 0.1) is 18.6 Å². The van der Waals surface area contributed by atoms with Crippen LogP contribution >= 0.6 is 0 Å². The summed E-state index contributed by atoms with van der Waals surface area (Å²) in [5, 5.41) is 9.26. The Bertz CT molecular complexity index is 648. The van der Waals surface area contributed by atoms with Crippen molar-refractivity contribution in [1.82, 2.24) is 0 Å². The molecule has 2 aromatic carbocycles. The van der Waals surface area contributed by atoms with Crippen LogP contribution < -0.4 is 4.74 Å². The maximum absolute atomic E-state index is 13.2. The van der Waals surface area contributed by atoms with Crippen LogP contribution in [0.3, 0.4) is 0 Å². The summed E-state index contributed by atoms with van der Waals surface area (Å²) in [4.78, 5) is 0. The van der Waals surface area contributed by atoms with Crippen LogP contribution in [0.15, 0.2) is 48.5 Å². The third kappa shape index (κ3) is 4.33. The number of para-hydroxylation sites is 1. The summed E-state index contributed by atoms with van der Waals surface area (Å²) in [5.74, 6) is 0.316. The molecule has 114 valence electrons. The maximum Gasteiger partial charge on any atom is 0.123 e. The Kier molecular flexibility index (Phi) is 5.97. The third-order valence-corrected chi connectivity index (χ3v) is 3.66. The average molecular weight is 297 g/mol. The molecule has 0 aliphatic rings. The van der Waals surface area contributed by atoms with Gasteiger partial charge in [0.2, 0.25) is 0 Å². The molecule has 0 saturated carbocycles. The molecule has 1 atom stereocenters. The van der Waals surface area contributed by atoms with Crippen molar-refractivity contribution in [2.45, 2.75) is 32.1 Å². The van der Waals surface area contributed by atoms with E-state index < -0.39 is 0 Å². The summed E-state index contributed by atoms with van der Waals surface area (Å²) in [7, 11) is 0. The second kappa shape index (κ2) is 8.19. The number of aryl methyl sites for hydroxylation is 1. The summed E-state index contributed by atoms with van der Waals surface area (Å²) in [6.45, 7) is 2.66. The van der Waals surface area contributed by atoms with Crippen molar-refractivity contribution in [1.29, 1.82) is 5.26 Å². The zero-order valence-electron chi connectivity index (χ0n) is 12.8. The molecule has 2 rings (SSSR count). The lowest BCUT2D eigenvalue weighted by Crippen LogP contribution is -2.03. The summed E-state index contributed by atoms with van der Waals surface area (Å²) in [5.41, 5.74) is 1.92. The van der Waals surface area contributed by atoms with Gasteiger partial charge in [0.1, 0.15) is 11.6 Å². The number of hydrogen-bond donors (Lipinski definition) is 0. The first-order valence-corrected chi connectivity index (χ1v) is 7.60. The highest BCUT2D eigenvalue weighted by molar-refractivity contribution is 5.33. The smallest absolute Gasteiger partial charge is 0.123 e. The van der Waals surface area contributed by atoms with Crippen LogP contribution in [0.25, 0.3) is 0 Å². The summed E-state index contributed by atoms with van der Waals surface area (Å²) >= 11 is 0. The van der Waals surface area contributed by atoms with Gasteiger partial charge < -0.3 is 4.74 Å². The number of halogens is 1. The number of nitrogens with zero attached hydrogens (tertiary/aromatic N) is 1. The third-order valence-electron chi connectivity index (χ3n) is 3.66. The van der Waals surface area contributed by atoms with E-state index in [9.17, 15) is 9.65 Å². The van der Waals surface area contributed by atoms with Gasteiger partial charge in [-0.15, -0.1) is 0 Å². The number of ether oxygens (including phenoxy) is 1. The Morgan fingerprint density at radius 2 is 2.00 bits per heavy atom. The van der Waals surface area contributed by atoms with Crippen molar-refractivity contribution >= 4 is 0 Å². The van der Waals surface area contributed by atoms with Gasteiger partial charge in [-0.1, -0.05) is 37.3 Å². The average Bonchev–Trinajstić information content (AvgIpc) is 2.55. The molecule has 0 aliphatic heterocycles. The standard InChI is InChI=1S/C19H20FNO/c1-2-15-7-3-4-11-19(15)22-12-6-9-17(14-21)16-8-5-10-18(20)13-16/h3-5,7-8,10-11,13,17H,2,6,9,12H2,1H3. The summed E-state index contributed by atoms with van der Waals surface area (Å²) in [6.07, 6.45) is 2.35. The van der Waals surface area contributed by atoms with Gasteiger partial charge in [0.15, 0.2) is 0 Å². The van der Waals surface area contributed by atoms with Gasteiger partial charge >= 0.3 is 0 Å². The van der Waals surface area contributed by atoms with Crippen LogP contribution in [0, 0.1) is 17.1 Å². The SMILES string of the molecule is CCc1ccccc1OCCCC(C#N)c1cccc(F)c1. The highest BCUT2D eigenvalue weighted by Crippen LogP contribution is 2.22. The van der Waals surface area contributed by atoms with Crippen molar-refractivity contribution in [3.63, 3.8) is 0 Å². The molecule has 1 unspecified atom stereocenters. The molecule has 0 amide bonds. The Balaban J connectivity index is 1.86. The minimum absolute atomic E-state index is 0.291. The van der Waals surface area contributed by atoms with E-state index in [-0.39, 0.29) is 11.7 Å². The lowest BCUT2D eigenvalue weighted by atomic mass is 9.96. The Morgan fingerprint density at radius 3 is 2.73 bits per heavy atom. The van der Waals surface area contributed by atoms with Crippen LogP contribution in [0.1, 0.15) is 36.8 Å². The van der Waals surface area contributed by atoms with E-state index in [2.05, 4.69) is 19.1 Å². The lowest BCUT2D eigenvalue weighted by molar-refractivity contribution is 0.302. The molecule has 0 bridgehead atoms. The highest BCUT2D eigenvalue weighted by Gasteiger charge is 2.11. The first-order chi connectivity index (χ1) is 10.7. The van der Waals surface area contributed by atoms with Crippen molar-refractivity contribution in [2.75, 3.05) is 6.61 Å². The molecule has 2 nitrogen and oxygen atoms in total. The van der Waals surface area contributed by atoms with E-state index in [1.54, 1.807) is 12.1 Å². The molecule has 3 heteroatoms. The van der Waals surface area contributed by atoms with E-state index in [1.165, 1.54) is 17.7 Å². The van der Waals surface area contributed by atoms with Crippen LogP contribution in [0.4, 0.5) is 4.39 Å². The monoisotopic (exact) mass is 297 g/mol. The van der Waals surface area contributed by atoms with Crippen LogP contribution in [0.5, 0.6) is 5.75 Å². The van der Waals surface area contributed by atoms with Gasteiger partial charge in [-0.05, 0) is 48.6 Å². The number of nitriles is 1. The second-order valence-corrected chi connectivity index (χ2v) is 5.19. The highest BCUT2D eigenvalue weighted by atomic mass is 19.1. The van der Waals surface area contributed by atoms with Gasteiger partial charge in [-0.25, -0.2) is 4.39 Å². The molecule has 0 radical (unpaired) electrons. The van der Waals surface area contributed by atoms with Gasteiger partial charge in [-0.2, -0.15) is 5.26 Å². The van der Waals surface area contributed by atoms with Gasteiger partial charge in [-0.3, -0.25) is 0 Å². The van der Waals surface area contributed by atoms with Crippen LogP contribution in [-0.4, -0.2) is 6.61 Å². The van der Waals surface area contributed by atoms with Gasteiger partial charge in [0, 0.05) is 0 Å². The van der Waals surface area contributed by atoms with E-state index in [4.69, 9.17) is 4.74 Å². The summed E-state index contributed by atoms with van der Waals surface area (Å²) in [6, 6.07) is 16.5. The number of benzene rings is 2. The lowest BCUT2D eigenvalue weighted by Gasteiger charge is -2.12. The fourth-order valence-corrected chi connectivity index (χ4v) is 2.44. The molecular formula is C19H20FNO. The van der Waals surface area contributed by atoms with E-state index in [1.807, 2.05) is 18.2 Å². The minimum atomic E-state index is -0.300. The minimum Gasteiger partial charge on any atom is -0.493 e. The Morgan fingerprint density at radius 1 is 1.18 bits per heavy atom. The van der Waals surface area contributed by atoms with Crippen molar-refractivity contribution < 1.29 is 9.13 Å². The first-order valence-electron chi connectivity index (χ1n) is 7.60. The molecular weight excluding hydrogens is 277 g/mol. The predicted molar refractivity (Wildman–Crippen MR) is 85.3 cm³/mol. The molecule has 0 saturated heterocycles. The van der Waals surface area contributed by atoms with Crippen LogP contribution in [-0.2, 0) is 6.42 Å². The molecule has 0 spiro atoms. The molecule has 0 heterocycles. The molecule has 0 N–H and O–H groups in total. The number of rotatable bonds is 7. The summed E-state index contributed by atoms with van der Waals surface area (Å²) < 4.78 is 19.0. The Labute approximate surface area is 131 Å². The molecule has 22 heavy (non-hydrogen) atoms. The maximum atomic E-state index is 13.2. The quantitative estimate of drug-likeness (QED) is 0.684. The first kappa shape index (κ1) is 16.0. The molecule has 0 fully saturated rings. The van der Waals surface area contributed by atoms with E-state index in [0.29, 0.717) is 13.0 Å². The van der Waals surface area contributed by atoms with E-state index in [0.717, 1.165) is 24.2 Å². The zero-order valence-corrected chi connectivity index (χ0v) is 12.8. The second-order valence-electron chi connectivity index (χ2n) is 5.19. The normalized spacial score (nSPS) is 11.7. The van der Waals surface area contributed by atoms with Gasteiger partial charge in [0.25, 0.3) is 0 Å². The topological polar surface area (TPSA) is 33.0 Å². The number of hydrogen-bond acceptors (Lipinski definition) is 2.